The van der Waals surface area contributed by atoms with Crippen LogP contribution in [0.3, 0.4) is 0 Å². The molecular formula is C27H24N4O3S. The van der Waals surface area contributed by atoms with Gasteiger partial charge in [-0.2, -0.15) is 5.26 Å². The highest BCUT2D eigenvalue weighted by Crippen LogP contribution is 2.39. The van der Waals surface area contributed by atoms with Crippen LogP contribution in [0.1, 0.15) is 46.6 Å². The molecule has 8 heteroatoms. The number of hydrogen-bond acceptors (Lipinski definition) is 6. The van der Waals surface area contributed by atoms with Crippen molar-refractivity contribution in [2.45, 2.75) is 39.2 Å². The molecule has 0 radical (unpaired) electrons. The smallest absolute Gasteiger partial charge is 0.338 e. The molecule has 0 bridgehead atoms. The van der Waals surface area contributed by atoms with Gasteiger partial charge in [-0.15, -0.1) is 11.3 Å². The minimum atomic E-state index is -1.02. The Morgan fingerprint density at radius 3 is 2.83 bits per heavy atom. The van der Waals surface area contributed by atoms with Crippen molar-refractivity contribution in [3.63, 3.8) is 0 Å². The normalized spacial score (nSPS) is 15.7. The minimum Gasteiger partial charge on any atom is -0.449 e. The van der Waals surface area contributed by atoms with E-state index < -0.39 is 18.0 Å². The lowest BCUT2D eigenvalue weighted by atomic mass is 9.88. The number of hydrogen-bond donors (Lipinski definition) is 2. The first kappa shape index (κ1) is 22.8. The Morgan fingerprint density at radius 1 is 1.26 bits per heavy atom. The van der Waals surface area contributed by atoms with Crippen molar-refractivity contribution in [2.75, 3.05) is 5.32 Å². The number of rotatable bonds is 5. The largest absolute Gasteiger partial charge is 0.449 e. The number of aromatic nitrogens is 2. The van der Waals surface area contributed by atoms with Gasteiger partial charge in [0.25, 0.3) is 5.91 Å². The van der Waals surface area contributed by atoms with E-state index in [9.17, 15) is 14.9 Å². The van der Waals surface area contributed by atoms with E-state index in [1.54, 1.807) is 18.2 Å². The van der Waals surface area contributed by atoms with Gasteiger partial charge in [0, 0.05) is 10.4 Å². The third-order valence-corrected chi connectivity index (χ3v) is 7.45. The van der Waals surface area contributed by atoms with Crippen LogP contribution in [0.25, 0.3) is 22.4 Å². The van der Waals surface area contributed by atoms with Gasteiger partial charge in [0.15, 0.2) is 6.10 Å². The maximum atomic E-state index is 12.8. The molecule has 2 aromatic carbocycles. The number of nitrogens with one attached hydrogen (secondary N) is 2. The topological polar surface area (TPSA) is 108 Å². The molecule has 2 heterocycles. The second-order valence-electron chi connectivity index (χ2n) is 8.89. The molecule has 35 heavy (non-hydrogen) atoms. The predicted octanol–water partition coefficient (Wildman–Crippen LogP) is 5.47. The van der Waals surface area contributed by atoms with Crippen LogP contribution < -0.4 is 5.32 Å². The van der Waals surface area contributed by atoms with Crippen molar-refractivity contribution in [3.8, 4) is 17.5 Å². The van der Waals surface area contributed by atoms with Crippen molar-refractivity contribution in [1.29, 1.82) is 5.26 Å². The van der Waals surface area contributed by atoms with Crippen molar-refractivity contribution in [2.24, 2.45) is 5.92 Å². The Kier molecular flexibility index (Phi) is 6.10. The fraction of sp³-hybridized carbons (Fsp3) is 0.259. The summed E-state index contributed by atoms with van der Waals surface area (Å²) in [5.41, 5.74) is 4.26. The van der Waals surface area contributed by atoms with Gasteiger partial charge in [0.1, 0.15) is 16.9 Å². The molecule has 1 amide bonds. The number of amides is 1. The molecule has 0 aliphatic heterocycles. The second kappa shape index (κ2) is 9.35. The van der Waals surface area contributed by atoms with Crippen LogP contribution >= 0.6 is 11.3 Å². The first-order valence-electron chi connectivity index (χ1n) is 11.5. The monoisotopic (exact) mass is 484 g/mol. The fourth-order valence-corrected chi connectivity index (χ4v) is 5.69. The lowest BCUT2D eigenvalue weighted by Gasteiger charge is -2.17. The van der Waals surface area contributed by atoms with E-state index in [0.717, 1.165) is 40.8 Å². The van der Waals surface area contributed by atoms with Crippen LogP contribution in [0.15, 0.2) is 48.5 Å². The number of aromatic amines is 1. The van der Waals surface area contributed by atoms with Crippen LogP contribution in [-0.4, -0.2) is 27.9 Å². The Hall–Kier alpha value is -3.96. The van der Waals surface area contributed by atoms with Gasteiger partial charge in [-0.3, -0.25) is 4.79 Å². The average Bonchev–Trinajstić information content (AvgIpc) is 3.44. The van der Waals surface area contributed by atoms with Gasteiger partial charge < -0.3 is 15.0 Å². The zero-order valence-corrected chi connectivity index (χ0v) is 20.2. The molecule has 1 aliphatic rings. The number of nitrogens with zero attached hydrogens (tertiary/aromatic N) is 2. The molecular weight excluding hydrogens is 460 g/mol. The van der Waals surface area contributed by atoms with E-state index in [1.165, 1.54) is 18.3 Å². The maximum Gasteiger partial charge on any atom is 0.338 e. The summed E-state index contributed by atoms with van der Waals surface area (Å²) in [6, 6.07) is 17.0. The summed E-state index contributed by atoms with van der Waals surface area (Å²) in [6.45, 7) is 3.72. The van der Waals surface area contributed by atoms with Crippen molar-refractivity contribution >= 4 is 39.2 Å². The van der Waals surface area contributed by atoms with Crippen LogP contribution in [0.5, 0.6) is 0 Å². The van der Waals surface area contributed by atoms with Crippen molar-refractivity contribution < 1.29 is 14.3 Å². The summed E-state index contributed by atoms with van der Waals surface area (Å²) in [6.07, 6.45) is 1.77. The van der Waals surface area contributed by atoms with Gasteiger partial charge in [-0.05, 0) is 55.9 Å². The van der Waals surface area contributed by atoms with Crippen LogP contribution in [0.4, 0.5) is 5.00 Å². The third kappa shape index (κ3) is 4.55. The molecule has 5 rings (SSSR count). The molecule has 2 unspecified atom stereocenters. The van der Waals surface area contributed by atoms with E-state index in [-0.39, 0.29) is 0 Å². The number of H-pyrrole nitrogens is 1. The fourth-order valence-electron chi connectivity index (χ4n) is 4.32. The van der Waals surface area contributed by atoms with Gasteiger partial charge in [0.2, 0.25) is 0 Å². The zero-order chi connectivity index (χ0) is 24.5. The highest BCUT2D eigenvalue weighted by molar-refractivity contribution is 7.16. The molecule has 2 atom stereocenters. The molecule has 7 nitrogen and oxygen atoms in total. The number of ether oxygens (including phenoxy) is 1. The molecule has 1 aliphatic carbocycles. The standard InChI is InChI=1S/C27H24N4O3S/c1-15-8-10-19-20(14-28)26(35-23(19)12-15)31-25(32)16(2)34-27(33)18-9-11-21-22(13-18)30-24(29-21)17-6-4-3-5-7-17/h3-7,9,11,13,15-16H,8,10,12H2,1-2H3,(H,29,30)(H,31,32). The van der Waals surface area contributed by atoms with Gasteiger partial charge >= 0.3 is 5.97 Å². The summed E-state index contributed by atoms with van der Waals surface area (Å²) in [4.78, 5) is 34.5. The van der Waals surface area contributed by atoms with Crippen molar-refractivity contribution in [1.82, 2.24) is 9.97 Å². The molecule has 0 saturated heterocycles. The van der Waals surface area contributed by atoms with E-state index in [4.69, 9.17) is 4.74 Å². The average molecular weight is 485 g/mol. The number of anilines is 1. The first-order valence-corrected chi connectivity index (χ1v) is 12.4. The first-order chi connectivity index (χ1) is 16.9. The SMILES string of the molecule is CC1CCc2c(sc(NC(=O)C(C)OC(=O)c3ccc4nc(-c5ccccc5)[nH]c4c3)c2C#N)C1. The van der Waals surface area contributed by atoms with E-state index in [2.05, 4.69) is 28.3 Å². The maximum absolute atomic E-state index is 12.8. The highest BCUT2D eigenvalue weighted by Gasteiger charge is 2.27. The molecule has 4 aromatic rings. The van der Waals surface area contributed by atoms with E-state index in [1.807, 2.05) is 30.3 Å². The molecule has 0 saturated carbocycles. The van der Waals surface area contributed by atoms with Gasteiger partial charge in [-0.25, -0.2) is 9.78 Å². The number of benzene rings is 2. The number of carbonyl (C=O) groups is 2. The van der Waals surface area contributed by atoms with E-state index >= 15 is 0 Å². The van der Waals surface area contributed by atoms with Gasteiger partial charge in [0.05, 0.1) is 22.2 Å². The summed E-state index contributed by atoms with van der Waals surface area (Å²) >= 11 is 1.45. The number of nitriles is 1. The zero-order valence-electron chi connectivity index (χ0n) is 19.4. The van der Waals surface area contributed by atoms with Crippen LogP contribution in [-0.2, 0) is 22.4 Å². The Morgan fingerprint density at radius 2 is 2.06 bits per heavy atom. The number of imidazole rings is 1. The predicted molar refractivity (Wildman–Crippen MR) is 135 cm³/mol. The van der Waals surface area contributed by atoms with Crippen LogP contribution in [0.2, 0.25) is 0 Å². The molecule has 0 fully saturated rings. The molecule has 2 N–H and O–H groups in total. The molecule has 2 aromatic heterocycles. The quantitative estimate of drug-likeness (QED) is 0.365. The number of carbonyl (C=O) groups excluding carboxylic acids is 2. The summed E-state index contributed by atoms with van der Waals surface area (Å²) in [5.74, 6) is 0.202. The second-order valence-corrected chi connectivity index (χ2v) is 9.99. The summed E-state index contributed by atoms with van der Waals surface area (Å²) < 4.78 is 5.44. The van der Waals surface area contributed by atoms with Crippen LogP contribution in [0, 0.1) is 17.2 Å². The van der Waals surface area contributed by atoms with Gasteiger partial charge in [-0.1, -0.05) is 37.3 Å². The molecule has 176 valence electrons. The number of thiophene rings is 1. The Balaban J connectivity index is 1.28. The third-order valence-electron chi connectivity index (χ3n) is 6.28. The lowest BCUT2D eigenvalue weighted by Crippen LogP contribution is -2.30. The highest BCUT2D eigenvalue weighted by atomic mass is 32.1. The number of fused-ring (bicyclic) bond motifs is 2. The Labute approximate surface area is 206 Å². The lowest BCUT2D eigenvalue weighted by molar-refractivity contribution is -0.123. The summed E-state index contributed by atoms with van der Waals surface area (Å²) in [7, 11) is 0. The Bertz CT molecular complexity index is 1470. The molecule has 0 spiro atoms. The number of esters is 1. The van der Waals surface area contributed by atoms with Crippen molar-refractivity contribution in [3.05, 3.63) is 70.1 Å². The summed E-state index contributed by atoms with van der Waals surface area (Å²) in [5, 5.41) is 13.0. The minimum absolute atomic E-state index is 0.318. The van der Waals surface area contributed by atoms with E-state index in [0.29, 0.717) is 33.4 Å².